The SMILES string of the molecule is COc1ccc(C(C)=O)c(F)c1OCC(C)C. The van der Waals surface area contributed by atoms with Gasteiger partial charge in [0.15, 0.2) is 23.1 Å². The molecule has 1 rings (SSSR count). The Hall–Kier alpha value is -1.58. The molecule has 0 spiro atoms. The second kappa shape index (κ2) is 5.66. The minimum atomic E-state index is -0.655. The number of rotatable bonds is 5. The Labute approximate surface area is 101 Å². The van der Waals surface area contributed by atoms with E-state index in [1.54, 1.807) is 0 Å². The van der Waals surface area contributed by atoms with Gasteiger partial charge in [0.25, 0.3) is 0 Å². The van der Waals surface area contributed by atoms with E-state index in [1.165, 1.54) is 26.2 Å². The highest BCUT2D eigenvalue weighted by molar-refractivity contribution is 5.95. The van der Waals surface area contributed by atoms with Gasteiger partial charge in [0, 0.05) is 0 Å². The van der Waals surface area contributed by atoms with Gasteiger partial charge in [-0.2, -0.15) is 0 Å². The number of carbonyl (C=O) groups is 1. The number of hydrogen-bond acceptors (Lipinski definition) is 3. The molecular formula is C13H17FO3. The first-order chi connectivity index (χ1) is 7.97. The lowest BCUT2D eigenvalue weighted by Crippen LogP contribution is -2.09. The van der Waals surface area contributed by atoms with Gasteiger partial charge in [0.2, 0.25) is 0 Å². The summed E-state index contributed by atoms with van der Waals surface area (Å²) in [7, 11) is 1.43. The summed E-state index contributed by atoms with van der Waals surface area (Å²) in [5.41, 5.74) is 0.0181. The summed E-state index contributed by atoms with van der Waals surface area (Å²) in [5, 5.41) is 0. The fourth-order valence-electron chi connectivity index (χ4n) is 1.36. The van der Waals surface area contributed by atoms with Crippen molar-refractivity contribution in [2.75, 3.05) is 13.7 Å². The van der Waals surface area contributed by atoms with Gasteiger partial charge >= 0.3 is 0 Å². The summed E-state index contributed by atoms with van der Waals surface area (Å²) in [6.07, 6.45) is 0. The largest absolute Gasteiger partial charge is 0.493 e. The highest BCUT2D eigenvalue weighted by Crippen LogP contribution is 2.32. The Morgan fingerprint density at radius 1 is 1.41 bits per heavy atom. The lowest BCUT2D eigenvalue weighted by molar-refractivity contribution is 0.101. The summed E-state index contributed by atoms with van der Waals surface area (Å²) >= 11 is 0. The van der Waals surface area contributed by atoms with Gasteiger partial charge in [-0.15, -0.1) is 0 Å². The van der Waals surface area contributed by atoms with E-state index in [1.807, 2.05) is 13.8 Å². The molecular weight excluding hydrogens is 223 g/mol. The van der Waals surface area contributed by atoms with E-state index in [4.69, 9.17) is 9.47 Å². The quantitative estimate of drug-likeness (QED) is 0.742. The van der Waals surface area contributed by atoms with Crippen LogP contribution < -0.4 is 9.47 Å². The van der Waals surface area contributed by atoms with E-state index in [2.05, 4.69) is 0 Å². The minimum Gasteiger partial charge on any atom is -0.493 e. The van der Waals surface area contributed by atoms with Crippen molar-refractivity contribution in [3.05, 3.63) is 23.5 Å². The van der Waals surface area contributed by atoms with Crippen molar-refractivity contribution in [1.29, 1.82) is 0 Å². The molecule has 94 valence electrons. The third-order valence-electron chi connectivity index (χ3n) is 2.22. The maximum absolute atomic E-state index is 14.0. The molecule has 0 saturated heterocycles. The van der Waals surface area contributed by atoms with Crippen LogP contribution in [0.1, 0.15) is 31.1 Å². The van der Waals surface area contributed by atoms with Gasteiger partial charge in [-0.3, -0.25) is 4.79 Å². The third-order valence-corrected chi connectivity index (χ3v) is 2.22. The molecule has 0 aromatic heterocycles. The monoisotopic (exact) mass is 240 g/mol. The number of ether oxygens (including phenoxy) is 2. The third kappa shape index (κ3) is 3.19. The lowest BCUT2D eigenvalue weighted by Gasteiger charge is -2.14. The number of ketones is 1. The standard InChI is InChI=1S/C13H17FO3/c1-8(2)7-17-13-11(16-4)6-5-10(9(3)15)12(13)14/h5-6,8H,7H2,1-4H3. The number of carbonyl (C=O) groups excluding carboxylic acids is 1. The smallest absolute Gasteiger partial charge is 0.197 e. The van der Waals surface area contributed by atoms with Crippen LogP contribution in [-0.4, -0.2) is 19.5 Å². The summed E-state index contributed by atoms with van der Waals surface area (Å²) in [4.78, 5) is 11.2. The number of hydrogen-bond donors (Lipinski definition) is 0. The van der Waals surface area contributed by atoms with Gasteiger partial charge in [-0.25, -0.2) is 4.39 Å². The van der Waals surface area contributed by atoms with E-state index in [0.29, 0.717) is 12.4 Å². The van der Waals surface area contributed by atoms with E-state index in [9.17, 15) is 9.18 Å². The zero-order valence-electron chi connectivity index (χ0n) is 10.5. The molecule has 0 amide bonds. The molecule has 0 heterocycles. The number of Topliss-reactive ketones (excluding diaryl/α,β-unsaturated/α-hetero) is 1. The van der Waals surface area contributed by atoms with Crippen LogP contribution in [0.3, 0.4) is 0 Å². The Bertz CT molecular complexity index is 413. The van der Waals surface area contributed by atoms with Crippen molar-refractivity contribution < 1.29 is 18.7 Å². The molecule has 0 aliphatic rings. The lowest BCUT2D eigenvalue weighted by atomic mass is 10.1. The topological polar surface area (TPSA) is 35.5 Å². The van der Waals surface area contributed by atoms with Crippen LogP contribution in [0.15, 0.2) is 12.1 Å². The van der Waals surface area contributed by atoms with Crippen molar-refractivity contribution in [2.24, 2.45) is 5.92 Å². The van der Waals surface area contributed by atoms with Crippen LogP contribution in [0.2, 0.25) is 0 Å². The fourth-order valence-corrected chi connectivity index (χ4v) is 1.36. The second-order valence-electron chi connectivity index (χ2n) is 4.22. The first kappa shape index (κ1) is 13.5. The average molecular weight is 240 g/mol. The van der Waals surface area contributed by atoms with E-state index in [0.717, 1.165) is 0 Å². The average Bonchev–Trinajstić information content (AvgIpc) is 2.26. The van der Waals surface area contributed by atoms with Crippen molar-refractivity contribution in [2.45, 2.75) is 20.8 Å². The fraction of sp³-hybridized carbons (Fsp3) is 0.462. The molecule has 0 saturated carbocycles. The van der Waals surface area contributed by atoms with Gasteiger partial charge in [0.05, 0.1) is 19.3 Å². The highest BCUT2D eigenvalue weighted by Gasteiger charge is 2.18. The molecule has 3 nitrogen and oxygen atoms in total. The number of methoxy groups -OCH3 is 1. The molecule has 0 aliphatic heterocycles. The molecule has 0 fully saturated rings. The Kier molecular flexibility index (Phi) is 4.49. The van der Waals surface area contributed by atoms with Crippen LogP contribution in [0.5, 0.6) is 11.5 Å². The zero-order valence-corrected chi connectivity index (χ0v) is 10.5. The molecule has 1 aromatic carbocycles. The van der Waals surface area contributed by atoms with Crippen LogP contribution >= 0.6 is 0 Å². The summed E-state index contributed by atoms with van der Waals surface area (Å²) < 4.78 is 24.4. The van der Waals surface area contributed by atoms with Crippen molar-refractivity contribution in [1.82, 2.24) is 0 Å². The normalized spacial score (nSPS) is 10.5. The van der Waals surface area contributed by atoms with Crippen molar-refractivity contribution in [3.63, 3.8) is 0 Å². The minimum absolute atomic E-state index is 0.00824. The Morgan fingerprint density at radius 3 is 2.53 bits per heavy atom. The van der Waals surface area contributed by atoms with Crippen molar-refractivity contribution >= 4 is 5.78 Å². The molecule has 1 aromatic rings. The second-order valence-corrected chi connectivity index (χ2v) is 4.22. The van der Waals surface area contributed by atoms with E-state index >= 15 is 0 Å². The van der Waals surface area contributed by atoms with Crippen LogP contribution in [0, 0.1) is 11.7 Å². The summed E-state index contributed by atoms with van der Waals surface area (Å²) in [6.45, 7) is 5.60. The maximum atomic E-state index is 14.0. The predicted octanol–water partition coefficient (Wildman–Crippen LogP) is 3.07. The van der Waals surface area contributed by atoms with Crippen LogP contribution in [0.25, 0.3) is 0 Å². The highest BCUT2D eigenvalue weighted by atomic mass is 19.1. The van der Waals surface area contributed by atoms with Crippen molar-refractivity contribution in [3.8, 4) is 11.5 Å². The number of halogens is 1. The van der Waals surface area contributed by atoms with Crippen LogP contribution in [0.4, 0.5) is 4.39 Å². The maximum Gasteiger partial charge on any atom is 0.197 e. The molecule has 0 unspecified atom stereocenters. The van der Waals surface area contributed by atoms with Gasteiger partial charge in [-0.1, -0.05) is 13.8 Å². The molecule has 0 aliphatic carbocycles. The molecule has 0 atom stereocenters. The first-order valence-corrected chi connectivity index (χ1v) is 5.47. The Balaban J connectivity index is 3.13. The van der Waals surface area contributed by atoms with Crippen LogP contribution in [-0.2, 0) is 0 Å². The molecule has 0 bridgehead atoms. The first-order valence-electron chi connectivity index (χ1n) is 5.47. The molecule has 0 radical (unpaired) electrons. The Morgan fingerprint density at radius 2 is 2.06 bits per heavy atom. The predicted molar refractivity (Wildman–Crippen MR) is 63.3 cm³/mol. The molecule has 0 N–H and O–H groups in total. The van der Waals surface area contributed by atoms with Gasteiger partial charge in [0.1, 0.15) is 0 Å². The van der Waals surface area contributed by atoms with E-state index < -0.39 is 5.82 Å². The van der Waals surface area contributed by atoms with Gasteiger partial charge < -0.3 is 9.47 Å². The number of benzene rings is 1. The molecule has 17 heavy (non-hydrogen) atoms. The van der Waals surface area contributed by atoms with Gasteiger partial charge in [-0.05, 0) is 25.0 Å². The molecule has 4 heteroatoms. The summed E-state index contributed by atoms with van der Waals surface area (Å²) in [6, 6.07) is 2.94. The zero-order chi connectivity index (χ0) is 13.0. The van der Waals surface area contributed by atoms with E-state index in [-0.39, 0.29) is 23.0 Å². The summed E-state index contributed by atoms with van der Waals surface area (Å²) in [5.74, 6) is -0.417.